The van der Waals surface area contributed by atoms with Crippen molar-refractivity contribution in [3.05, 3.63) is 93.5 Å². The molecule has 0 fully saturated rings. The standard InChI is InChI=1S/C26H23BrN2O3/c1-18-7-6-8-19(2)25(18)32-14-13-31-24-12-11-22(27)16-20(24)15-21(17-28)26(30)29-23-9-4-3-5-10-23/h3-12,15-16H,13-14H2,1-2H3,(H,29,30)/b21-15+. The average Bonchev–Trinajstić information content (AvgIpc) is 2.78. The number of nitrogens with one attached hydrogen (secondary N) is 1. The summed E-state index contributed by atoms with van der Waals surface area (Å²) < 4.78 is 12.6. The molecule has 0 radical (unpaired) electrons. The minimum Gasteiger partial charge on any atom is -0.489 e. The highest BCUT2D eigenvalue weighted by atomic mass is 79.9. The maximum Gasteiger partial charge on any atom is 0.266 e. The summed E-state index contributed by atoms with van der Waals surface area (Å²) in [5.74, 6) is 0.929. The van der Waals surface area contributed by atoms with E-state index in [0.717, 1.165) is 21.3 Å². The second-order valence-electron chi connectivity index (χ2n) is 7.09. The molecule has 3 aromatic rings. The number of ether oxygens (including phenoxy) is 2. The van der Waals surface area contributed by atoms with Crippen molar-refractivity contribution in [3.63, 3.8) is 0 Å². The van der Waals surface area contributed by atoms with Gasteiger partial charge >= 0.3 is 0 Å². The molecule has 6 heteroatoms. The van der Waals surface area contributed by atoms with E-state index >= 15 is 0 Å². The van der Waals surface area contributed by atoms with Crippen LogP contribution in [0.1, 0.15) is 16.7 Å². The van der Waals surface area contributed by atoms with Gasteiger partial charge in [-0.25, -0.2) is 0 Å². The number of rotatable bonds is 8. The number of hydrogen-bond acceptors (Lipinski definition) is 4. The Bertz CT molecular complexity index is 1150. The number of benzene rings is 3. The van der Waals surface area contributed by atoms with Gasteiger partial charge in [0.05, 0.1) is 0 Å². The molecule has 0 aliphatic rings. The number of aryl methyl sites for hydroxylation is 2. The molecule has 0 aliphatic carbocycles. The van der Waals surface area contributed by atoms with E-state index in [1.54, 1.807) is 24.3 Å². The van der Waals surface area contributed by atoms with Crippen LogP contribution < -0.4 is 14.8 Å². The average molecular weight is 491 g/mol. The third kappa shape index (κ3) is 6.22. The van der Waals surface area contributed by atoms with Crippen LogP contribution in [0, 0.1) is 25.2 Å². The van der Waals surface area contributed by atoms with Gasteiger partial charge in [-0.2, -0.15) is 5.26 Å². The summed E-state index contributed by atoms with van der Waals surface area (Å²) in [6, 6.07) is 22.4. The molecule has 3 aromatic carbocycles. The van der Waals surface area contributed by atoms with E-state index in [4.69, 9.17) is 9.47 Å². The Hall–Kier alpha value is -3.56. The molecule has 3 rings (SSSR count). The summed E-state index contributed by atoms with van der Waals surface area (Å²) in [4.78, 5) is 12.6. The van der Waals surface area contributed by atoms with Crippen molar-refractivity contribution in [2.24, 2.45) is 0 Å². The number of nitriles is 1. The van der Waals surface area contributed by atoms with Crippen LogP contribution in [0.3, 0.4) is 0 Å². The molecule has 0 aliphatic heterocycles. The molecule has 0 heterocycles. The van der Waals surface area contributed by atoms with Gasteiger partial charge in [-0.15, -0.1) is 0 Å². The van der Waals surface area contributed by atoms with Gasteiger partial charge in [-0.3, -0.25) is 4.79 Å². The summed E-state index contributed by atoms with van der Waals surface area (Å²) in [5, 5.41) is 12.3. The van der Waals surface area contributed by atoms with Gasteiger partial charge in [-0.1, -0.05) is 52.3 Å². The molecule has 32 heavy (non-hydrogen) atoms. The normalized spacial score (nSPS) is 10.9. The zero-order chi connectivity index (χ0) is 22.9. The van der Waals surface area contributed by atoms with Crippen molar-refractivity contribution in [2.75, 3.05) is 18.5 Å². The van der Waals surface area contributed by atoms with Crippen LogP contribution >= 0.6 is 15.9 Å². The number of nitrogens with zero attached hydrogens (tertiary/aromatic N) is 1. The second kappa shape index (κ2) is 11.2. The van der Waals surface area contributed by atoms with Crippen molar-refractivity contribution in [2.45, 2.75) is 13.8 Å². The van der Waals surface area contributed by atoms with Crippen LogP contribution in [0.4, 0.5) is 5.69 Å². The van der Waals surface area contributed by atoms with Gasteiger partial charge in [0, 0.05) is 15.7 Å². The number of hydrogen-bond donors (Lipinski definition) is 1. The number of para-hydroxylation sites is 2. The van der Waals surface area contributed by atoms with Crippen LogP contribution in [0.15, 0.2) is 76.8 Å². The molecule has 5 nitrogen and oxygen atoms in total. The largest absolute Gasteiger partial charge is 0.489 e. The highest BCUT2D eigenvalue weighted by molar-refractivity contribution is 9.10. The fourth-order valence-corrected chi connectivity index (χ4v) is 3.49. The van der Waals surface area contributed by atoms with Gasteiger partial charge in [0.2, 0.25) is 0 Å². The molecule has 162 valence electrons. The first kappa shape index (κ1) is 23.1. The van der Waals surface area contributed by atoms with Crippen molar-refractivity contribution in [1.82, 2.24) is 0 Å². The van der Waals surface area contributed by atoms with E-state index < -0.39 is 5.91 Å². The predicted octanol–water partition coefficient (Wildman–Crippen LogP) is 6.07. The lowest BCUT2D eigenvalue weighted by atomic mass is 10.1. The van der Waals surface area contributed by atoms with Gasteiger partial charge < -0.3 is 14.8 Å². The SMILES string of the molecule is Cc1cccc(C)c1OCCOc1ccc(Br)cc1/C=C(\C#N)C(=O)Nc1ccccc1. The highest BCUT2D eigenvalue weighted by Crippen LogP contribution is 2.26. The topological polar surface area (TPSA) is 71.3 Å². The summed E-state index contributed by atoms with van der Waals surface area (Å²) in [6.45, 7) is 4.69. The van der Waals surface area contributed by atoms with Gasteiger partial charge in [0.1, 0.15) is 36.4 Å². The zero-order valence-electron chi connectivity index (χ0n) is 17.9. The van der Waals surface area contributed by atoms with Crippen LogP contribution in [0.2, 0.25) is 0 Å². The van der Waals surface area contributed by atoms with E-state index in [0.29, 0.717) is 30.2 Å². The van der Waals surface area contributed by atoms with Gasteiger partial charge in [0.25, 0.3) is 5.91 Å². The molecular weight excluding hydrogens is 468 g/mol. The van der Waals surface area contributed by atoms with Crippen molar-refractivity contribution in [1.29, 1.82) is 5.26 Å². The van der Waals surface area contributed by atoms with Crippen LogP contribution in [-0.4, -0.2) is 19.1 Å². The first-order valence-electron chi connectivity index (χ1n) is 10.1. The Morgan fingerprint density at radius 3 is 2.38 bits per heavy atom. The Kier molecular flexibility index (Phi) is 8.07. The Balaban J connectivity index is 1.71. The van der Waals surface area contributed by atoms with Crippen LogP contribution in [-0.2, 0) is 4.79 Å². The quantitative estimate of drug-likeness (QED) is 0.236. The highest BCUT2D eigenvalue weighted by Gasteiger charge is 2.12. The predicted molar refractivity (Wildman–Crippen MR) is 130 cm³/mol. The summed E-state index contributed by atoms with van der Waals surface area (Å²) >= 11 is 3.43. The molecule has 1 amide bonds. The lowest BCUT2D eigenvalue weighted by molar-refractivity contribution is -0.112. The molecule has 0 saturated carbocycles. The first-order valence-corrected chi connectivity index (χ1v) is 10.9. The Morgan fingerprint density at radius 1 is 1.00 bits per heavy atom. The van der Waals surface area contributed by atoms with Crippen LogP contribution in [0.5, 0.6) is 11.5 Å². The van der Waals surface area contributed by atoms with E-state index in [-0.39, 0.29) is 5.57 Å². The monoisotopic (exact) mass is 490 g/mol. The van der Waals surface area contributed by atoms with E-state index in [9.17, 15) is 10.1 Å². The number of carbonyl (C=O) groups excluding carboxylic acids is 1. The third-order valence-electron chi connectivity index (χ3n) is 4.66. The summed E-state index contributed by atoms with van der Waals surface area (Å²) in [5.41, 5.74) is 3.35. The fourth-order valence-electron chi connectivity index (χ4n) is 3.11. The number of halogens is 1. The lowest BCUT2D eigenvalue weighted by Gasteiger charge is -2.14. The van der Waals surface area contributed by atoms with Gasteiger partial charge in [-0.05, 0) is 61.4 Å². The summed E-state index contributed by atoms with van der Waals surface area (Å²) in [7, 11) is 0. The fraction of sp³-hybridized carbons (Fsp3) is 0.154. The second-order valence-corrected chi connectivity index (χ2v) is 8.01. The minimum absolute atomic E-state index is 0.0245. The molecule has 0 aromatic heterocycles. The summed E-state index contributed by atoms with van der Waals surface area (Å²) in [6.07, 6.45) is 1.52. The van der Waals surface area contributed by atoms with Crippen molar-refractivity contribution < 1.29 is 14.3 Å². The molecular formula is C26H23BrN2O3. The molecule has 0 atom stereocenters. The maximum atomic E-state index is 12.6. The molecule has 0 saturated heterocycles. The number of carbonyl (C=O) groups is 1. The van der Waals surface area contributed by atoms with Crippen LogP contribution in [0.25, 0.3) is 6.08 Å². The minimum atomic E-state index is -0.483. The Labute approximate surface area is 196 Å². The molecule has 0 bridgehead atoms. The number of amides is 1. The van der Waals surface area contributed by atoms with E-state index in [1.807, 2.05) is 62.4 Å². The number of anilines is 1. The zero-order valence-corrected chi connectivity index (χ0v) is 19.5. The van der Waals surface area contributed by atoms with E-state index in [1.165, 1.54) is 6.08 Å². The van der Waals surface area contributed by atoms with Gasteiger partial charge in [0.15, 0.2) is 0 Å². The molecule has 0 unspecified atom stereocenters. The lowest BCUT2D eigenvalue weighted by Crippen LogP contribution is -2.13. The van der Waals surface area contributed by atoms with Crippen molar-refractivity contribution in [3.8, 4) is 17.6 Å². The maximum absolute atomic E-state index is 12.6. The third-order valence-corrected chi connectivity index (χ3v) is 5.16. The van der Waals surface area contributed by atoms with E-state index in [2.05, 4.69) is 21.2 Å². The first-order chi connectivity index (χ1) is 15.5. The molecule has 1 N–H and O–H groups in total. The smallest absolute Gasteiger partial charge is 0.266 e. The Morgan fingerprint density at radius 2 is 1.69 bits per heavy atom. The van der Waals surface area contributed by atoms with Crippen molar-refractivity contribution >= 4 is 33.6 Å². The molecule has 0 spiro atoms.